The Balaban J connectivity index is 2.54. The van der Waals surface area contributed by atoms with Gasteiger partial charge in [-0.15, -0.1) is 0 Å². The lowest BCUT2D eigenvalue weighted by Crippen LogP contribution is -2.20. The first-order valence-electron chi connectivity index (χ1n) is 6.29. The average molecular weight is 240 g/mol. The Kier molecular flexibility index (Phi) is 3.16. The van der Waals surface area contributed by atoms with Crippen LogP contribution in [0.3, 0.4) is 0 Å². The highest BCUT2D eigenvalue weighted by molar-refractivity contribution is 5.45. The average Bonchev–Trinajstić information content (AvgIpc) is 2.33. The Morgan fingerprint density at radius 2 is 1.56 bits per heavy atom. The standard InChI is InChI=1S/C17H20O/c1-12-7-5-6-8-15(12)17(3,4)14-10-9-13(2)16(18)11-14/h5-11,18H,1-4H3. The molecule has 0 atom stereocenters. The number of hydrogen-bond acceptors (Lipinski definition) is 1. The molecule has 0 saturated carbocycles. The van der Waals surface area contributed by atoms with Gasteiger partial charge in [-0.25, -0.2) is 0 Å². The van der Waals surface area contributed by atoms with Crippen LogP contribution in [0, 0.1) is 13.8 Å². The molecule has 1 nitrogen and oxygen atoms in total. The van der Waals surface area contributed by atoms with Crippen molar-refractivity contribution in [2.45, 2.75) is 33.1 Å². The van der Waals surface area contributed by atoms with Gasteiger partial charge >= 0.3 is 0 Å². The minimum Gasteiger partial charge on any atom is -0.508 e. The van der Waals surface area contributed by atoms with Crippen molar-refractivity contribution in [1.29, 1.82) is 0 Å². The van der Waals surface area contributed by atoms with E-state index in [2.05, 4.69) is 51.1 Å². The zero-order valence-electron chi connectivity index (χ0n) is 11.5. The van der Waals surface area contributed by atoms with Gasteiger partial charge < -0.3 is 5.11 Å². The van der Waals surface area contributed by atoms with Crippen LogP contribution in [0.15, 0.2) is 42.5 Å². The quantitative estimate of drug-likeness (QED) is 0.828. The second-order valence-corrected chi connectivity index (χ2v) is 5.44. The molecule has 0 radical (unpaired) electrons. The van der Waals surface area contributed by atoms with Gasteiger partial charge in [-0.1, -0.05) is 50.2 Å². The van der Waals surface area contributed by atoms with Crippen LogP contribution in [0.25, 0.3) is 0 Å². The molecule has 1 N–H and O–H groups in total. The van der Waals surface area contributed by atoms with E-state index in [9.17, 15) is 5.11 Å². The monoisotopic (exact) mass is 240 g/mol. The van der Waals surface area contributed by atoms with E-state index >= 15 is 0 Å². The maximum absolute atomic E-state index is 9.88. The fraction of sp³-hybridized carbons (Fsp3) is 0.294. The lowest BCUT2D eigenvalue weighted by Gasteiger charge is -2.28. The van der Waals surface area contributed by atoms with Gasteiger partial charge in [0.25, 0.3) is 0 Å². The normalized spacial score (nSPS) is 11.6. The largest absolute Gasteiger partial charge is 0.508 e. The predicted octanol–water partition coefficient (Wildman–Crippen LogP) is 4.33. The fourth-order valence-corrected chi connectivity index (χ4v) is 2.43. The first-order chi connectivity index (χ1) is 8.43. The third kappa shape index (κ3) is 2.13. The number of aryl methyl sites for hydroxylation is 2. The molecule has 0 spiro atoms. The number of phenols is 1. The Morgan fingerprint density at radius 3 is 2.17 bits per heavy atom. The number of benzene rings is 2. The number of rotatable bonds is 2. The summed E-state index contributed by atoms with van der Waals surface area (Å²) in [7, 11) is 0. The van der Waals surface area contributed by atoms with Gasteiger partial charge in [-0.05, 0) is 42.2 Å². The molecule has 0 fully saturated rings. The van der Waals surface area contributed by atoms with E-state index in [4.69, 9.17) is 0 Å². The van der Waals surface area contributed by atoms with Gasteiger partial charge in [0.05, 0.1) is 0 Å². The molecule has 0 amide bonds. The van der Waals surface area contributed by atoms with Crippen LogP contribution in [0.2, 0.25) is 0 Å². The smallest absolute Gasteiger partial charge is 0.118 e. The summed E-state index contributed by atoms with van der Waals surface area (Å²) < 4.78 is 0. The molecule has 18 heavy (non-hydrogen) atoms. The van der Waals surface area contributed by atoms with E-state index in [1.54, 1.807) is 0 Å². The van der Waals surface area contributed by atoms with Crippen molar-refractivity contribution in [1.82, 2.24) is 0 Å². The minimum absolute atomic E-state index is 0.101. The molecule has 0 aliphatic heterocycles. The number of aromatic hydroxyl groups is 1. The lowest BCUT2D eigenvalue weighted by atomic mass is 9.76. The zero-order chi connectivity index (χ0) is 13.3. The van der Waals surface area contributed by atoms with Crippen molar-refractivity contribution in [3.8, 4) is 5.75 Å². The summed E-state index contributed by atoms with van der Waals surface area (Å²) in [6.45, 7) is 8.43. The molecule has 0 saturated heterocycles. The SMILES string of the molecule is Cc1ccc(C(C)(C)c2ccccc2C)cc1O. The highest BCUT2D eigenvalue weighted by Crippen LogP contribution is 2.35. The summed E-state index contributed by atoms with van der Waals surface area (Å²) in [4.78, 5) is 0. The van der Waals surface area contributed by atoms with E-state index in [0.29, 0.717) is 5.75 Å². The van der Waals surface area contributed by atoms with E-state index in [-0.39, 0.29) is 5.41 Å². The molecule has 2 aromatic carbocycles. The Morgan fingerprint density at radius 1 is 0.889 bits per heavy atom. The zero-order valence-corrected chi connectivity index (χ0v) is 11.5. The number of phenolic OH excluding ortho intramolecular Hbond substituents is 1. The number of hydrogen-bond donors (Lipinski definition) is 1. The maximum Gasteiger partial charge on any atom is 0.118 e. The van der Waals surface area contributed by atoms with Crippen molar-refractivity contribution in [3.63, 3.8) is 0 Å². The summed E-state index contributed by atoms with van der Waals surface area (Å²) in [5.74, 6) is 0.370. The molecule has 0 unspecified atom stereocenters. The van der Waals surface area contributed by atoms with Crippen LogP contribution in [-0.2, 0) is 5.41 Å². The van der Waals surface area contributed by atoms with E-state index in [1.165, 1.54) is 11.1 Å². The van der Waals surface area contributed by atoms with E-state index < -0.39 is 0 Å². The van der Waals surface area contributed by atoms with E-state index in [1.807, 2.05) is 19.1 Å². The second kappa shape index (κ2) is 4.49. The molecule has 94 valence electrons. The summed E-state index contributed by atoms with van der Waals surface area (Å²) >= 11 is 0. The van der Waals surface area contributed by atoms with Gasteiger partial charge in [-0.3, -0.25) is 0 Å². The summed E-state index contributed by atoms with van der Waals surface area (Å²) in [5.41, 5.74) is 4.53. The first-order valence-corrected chi connectivity index (χ1v) is 6.29. The molecular formula is C17H20O. The minimum atomic E-state index is -0.101. The summed E-state index contributed by atoms with van der Waals surface area (Å²) in [5, 5.41) is 9.88. The van der Waals surface area contributed by atoms with E-state index in [0.717, 1.165) is 11.1 Å². The molecule has 2 aromatic rings. The Labute approximate surface area is 109 Å². The molecule has 0 aliphatic rings. The second-order valence-electron chi connectivity index (χ2n) is 5.44. The molecule has 2 rings (SSSR count). The molecule has 1 heteroatoms. The van der Waals surface area contributed by atoms with Crippen LogP contribution in [-0.4, -0.2) is 5.11 Å². The topological polar surface area (TPSA) is 20.2 Å². The third-order valence-corrected chi connectivity index (χ3v) is 3.75. The first kappa shape index (κ1) is 12.7. The van der Waals surface area contributed by atoms with Crippen molar-refractivity contribution < 1.29 is 5.11 Å². The molecule has 0 aromatic heterocycles. The molecule has 0 heterocycles. The third-order valence-electron chi connectivity index (χ3n) is 3.75. The van der Waals surface area contributed by atoms with Crippen LogP contribution < -0.4 is 0 Å². The van der Waals surface area contributed by atoms with Gasteiger partial charge in [0.1, 0.15) is 5.75 Å². The van der Waals surface area contributed by atoms with Crippen molar-refractivity contribution >= 4 is 0 Å². The highest BCUT2D eigenvalue weighted by atomic mass is 16.3. The van der Waals surface area contributed by atoms with Crippen LogP contribution in [0.1, 0.15) is 36.1 Å². The van der Waals surface area contributed by atoms with Crippen LogP contribution in [0.5, 0.6) is 5.75 Å². The molecule has 0 bridgehead atoms. The summed E-state index contributed by atoms with van der Waals surface area (Å²) in [6, 6.07) is 14.4. The van der Waals surface area contributed by atoms with Gasteiger partial charge in [0.15, 0.2) is 0 Å². The summed E-state index contributed by atoms with van der Waals surface area (Å²) in [6.07, 6.45) is 0. The highest BCUT2D eigenvalue weighted by Gasteiger charge is 2.25. The Bertz CT molecular complexity index is 568. The van der Waals surface area contributed by atoms with Gasteiger partial charge in [0, 0.05) is 5.41 Å². The fourth-order valence-electron chi connectivity index (χ4n) is 2.43. The lowest BCUT2D eigenvalue weighted by molar-refractivity contribution is 0.468. The van der Waals surface area contributed by atoms with Crippen molar-refractivity contribution in [2.75, 3.05) is 0 Å². The van der Waals surface area contributed by atoms with Gasteiger partial charge in [-0.2, -0.15) is 0 Å². The molecule has 0 aliphatic carbocycles. The van der Waals surface area contributed by atoms with Gasteiger partial charge in [0.2, 0.25) is 0 Å². The van der Waals surface area contributed by atoms with Crippen LogP contribution >= 0.6 is 0 Å². The van der Waals surface area contributed by atoms with Crippen molar-refractivity contribution in [2.24, 2.45) is 0 Å². The predicted molar refractivity (Wildman–Crippen MR) is 76.2 cm³/mol. The Hall–Kier alpha value is -1.76. The van der Waals surface area contributed by atoms with Crippen LogP contribution in [0.4, 0.5) is 0 Å². The maximum atomic E-state index is 9.88. The molecular weight excluding hydrogens is 220 g/mol. The van der Waals surface area contributed by atoms with Crippen molar-refractivity contribution in [3.05, 3.63) is 64.7 Å².